The highest BCUT2D eigenvalue weighted by Crippen LogP contribution is 2.10. The summed E-state index contributed by atoms with van der Waals surface area (Å²) >= 11 is 0. The lowest BCUT2D eigenvalue weighted by Gasteiger charge is -2.18. The first-order valence-corrected chi connectivity index (χ1v) is 5.70. The fraction of sp³-hybridized carbons (Fsp3) is 0.583. The van der Waals surface area contributed by atoms with Crippen LogP contribution in [0.25, 0.3) is 0 Å². The first-order valence-electron chi connectivity index (χ1n) is 5.70. The maximum Gasteiger partial charge on any atom is 0.0522 e. The normalized spacial score (nSPS) is 20.7. The average molecular weight is 205 g/mol. The molecule has 3 nitrogen and oxygen atoms in total. The van der Waals surface area contributed by atoms with Crippen molar-refractivity contribution in [2.24, 2.45) is 7.05 Å². The summed E-state index contributed by atoms with van der Waals surface area (Å²) in [6.07, 6.45) is 13.4. The lowest BCUT2D eigenvalue weighted by Crippen LogP contribution is -2.31. The number of hydrogen-bond donors (Lipinski definition) is 1. The topological polar surface area (TPSA) is 29.9 Å². The fourth-order valence-corrected chi connectivity index (χ4v) is 2.00. The van der Waals surface area contributed by atoms with Crippen molar-refractivity contribution >= 4 is 0 Å². The Hall–Kier alpha value is -1.09. The van der Waals surface area contributed by atoms with E-state index in [0.717, 1.165) is 13.0 Å². The molecule has 1 unspecified atom stereocenters. The van der Waals surface area contributed by atoms with E-state index in [-0.39, 0.29) is 0 Å². The predicted octanol–water partition coefficient (Wildman–Crippen LogP) is 1.66. The molecule has 0 aromatic carbocycles. The molecule has 1 aromatic rings. The van der Waals surface area contributed by atoms with Crippen LogP contribution >= 0.6 is 0 Å². The summed E-state index contributed by atoms with van der Waals surface area (Å²) in [6.45, 7) is 1.06. The molecule has 1 atom stereocenters. The predicted molar refractivity (Wildman–Crippen MR) is 61.7 cm³/mol. The molecule has 0 bridgehead atoms. The number of aromatic nitrogens is 2. The molecule has 82 valence electrons. The van der Waals surface area contributed by atoms with Crippen LogP contribution in [0.3, 0.4) is 0 Å². The van der Waals surface area contributed by atoms with Gasteiger partial charge in [0.1, 0.15) is 0 Å². The van der Waals surface area contributed by atoms with E-state index in [2.05, 4.69) is 28.8 Å². The van der Waals surface area contributed by atoms with Crippen molar-refractivity contribution in [1.29, 1.82) is 0 Å². The van der Waals surface area contributed by atoms with Crippen molar-refractivity contribution in [3.8, 4) is 0 Å². The maximum atomic E-state index is 4.16. The first kappa shape index (κ1) is 10.4. The Morgan fingerprint density at radius 1 is 1.53 bits per heavy atom. The van der Waals surface area contributed by atoms with Gasteiger partial charge in [0.15, 0.2) is 0 Å². The van der Waals surface area contributed by atoms with E-state index < -0.39 is 0 Å². The zero-order valence-corrected chi connectivity index (χ0v) is 9.32. The van der Waals surface area contributed by atoms with E-state index in [1.54, 1.807) is 0 Å². The third kappa shape index (κ3) is 3.20. The number of nitrogens with one attached hydrogen (secondary N) is 1. The summed E-state index contributed by atoms with van der Waals surface area (Å²) in [5.74, 6) is 0. The van der Waals surface area contributed by atoms with E-state index in [4.69, 9.17) is 0 Å². The first-order chi connectivity index (χ1) is 7.34. The van der Waals surface area contributed by atoms with E-state index in [9.17, 15) is 0 Å². The third-order valence-corrected chi connectivity index (χ3v) is 2.87. The molecule has 0 spiro atoms. The smallest absolute Gasteiger partial charge is 0.0522 e. The third-order valence-electron chi connectivity index (χ3n) is 2.87. The van der Waals surface area contributed by atoms with Crippen molar-refractivity contribution in [3.63, 3.8) is 0 Å². The molecule has 1 heterocycles. The second-order valence-corrected chi connectivity index (χ2v) is 4.21. The Morgan fingerprint density at radius 2 is 2.47 bits per heavy atom. The Kier molecular flexibility index (Phi) is 3.56. The summed E-state index contributed by atoms with van der Waals surface area (Å²) in [5.41, 5.74) is 1.32. The van der Waals surface area contributed by atoms with Crippen molar-refractivity contribution in [1.82, 2.24) is 15.1 Å². The van der Waals surface area contributed by atoms with Crippen molar-refractivity contribution in [3.05, 3.63) is 30.1 Å². The number of allylic oxidation sites excluding steroid dienone is 1. The van der Waals surface area contributed by atoms with Gasteiger partial charge in [0.25, 0.3) is 0 Å². The molecular weight excluding hydrogens is 186 g/mol. The average Bonchev–Trinajstić information content (AvgIpc) is 2.66. The van der Waals surface area contributed by atoms with Gasteiger partial charge in [-0.1, -0.05) is 12.2 Å². The van der Waals surface area contributed by atoms with Crippen molar-refractivity contribution in [2.45, 2.75) is 31.7 Å². The minimum absolute atomic E-state index is 0.687. The summed E-state index contributed by atoms with van der Waals surface area (Å²) in [4.78, 5) is 0. The minimum Gasteiger partial charge on any atom is -0.313 e. The van der Waals surface area contributed by atoms with Gasteiger partial charge in [-0.2, -0.15) is 5.10 Å². The molecule has 1 aliphatic rings. The van der Waals surface area contributed by atoms with Crippen LogP contribution in [0.5, 0.6) is 0 Å². The second-order valence-electron chi connectivity index (χ2n) is 4.21. The van der Waals surface area contributed by atoms with Crippen molar-refractivity contribution < 1.29 is 0 Å². The standard InChI is InChI=1S/C12H19N3/c1-15-10-11(9-14-15)7-8-13-12-5-3-2-4-6-12/h2-3,9-10,12-13H,4-8H2,1H3. The molecule has 1 aliphatic carbocycles. The lowest BCUT2D eigenvalue weighted by atomic mass is 10.0. The highest BCUT2D eigenvalue weighted by Gasteiger charge is 2.08. The van der Waals surface area contributed by atoms with E-state index in [1.165, 1.54) is 24.8 Å². The highest BCUT2D eigenvalue weighted by molar-refractivity contribution is 5.04. The second kappa shape index (κ2) is 5.12. The summed E-state index contributed by atoms with van der Waals surface area (Å²) in [7, 11) is 1.96. The van der Waals surface area contributed by atoms with Crippen LogP contribution in [0.1, 0.15) is 24.8 Å². The molecule has 0 saturated carbocycles. The largest absolute Gasteiger partial charge is 0.313 e. The Morgan fingerprint density at radius 3 is 3.13 bits per heavy atom. The van der Waals surface area contributed by atoms with Gasteiger partial charge in [-0.3, -0.25) is 4.68 Å². The molecule has 3 heteroatoms. The number of aryl methyl sites for hydroxylation is 1. The van der Waals surface area contributed by atoms with Gasteiger partial charge in [-0.25, -0.2) is 0 Å². The van der Waals surface area contributed by atoms with Gasteiger partial charge < -0.3 is 5.32 Å². The van der Waals surface area contributed by atoms with Crippen LogP contribution < -0.4 is 5.32 Å². The number of hydrogen-bond acceptors (Lipinski definition) is 2. The molecule has 15 heavy (non-hydrogen) atoms. The SMILES string of the molecule is Cn1cc(CCNC2CC=CCC2)cn1. The van der Waals surface area contributed by atoms with E-state index in [0.29, 0.717) is 6.04 Å². The molecule has 2 rings (SSSR count). The number of rotatable bonds is 4. The molecular formula is C12H19N3. The summed E-state index contributed by atoms with van der Waals surface area (Å²) in [6, 6.07) is 0.687. The highest BCUT2D eigenvalue weighted by atomic mass is 15.2. The maximum absolute atomic E-state index is 4.16. The van der Waals surface area contributed by atoms with E-state index in [1.807, 2.05) is 17.9 Å². The zero-order chi connectivity index (χ0) is 10.5. The Bertz CT molecular complexity index is 327. The molecule has 0 saturated heterocycles. The summed E-state index contributed by atoms with van der Waals surface area (Å²) in [5, 5.41) is 7.75. The van der Waals surface area contributed by atoms with Gasteiger partial charge in [-0.05, 0) is 37.8 Å². The van der Waals surface area contributed by atoms with Gasteiger partial charge in [0.2, 0.25) is 0 Å². The van der Waals surface area contributed by atoms with Crippen LogP contribution in [-0.2, 0) is 13.5 Å². The Balaban J connectivity index is 1.68. The van der Waals surface area contributed by atoms with Gasteiger partial charge >= 0.3 is 0 Å². The fourth-order valence-electron chi connectivity index (χ4n) is 2.00. The van der Waals surface area contributed by atoms with Gasteiger partial charge in [0.05, 0.1) is 6.20 Å². The van der Waals surface area contributed by atoms with Gasteiger partial charge in [-0.15, -0.1) is 0 Å². The van der Waals surface area contributed by atoms with Crippen LogP contribution in [-0.4, -0.2) is 22.4 Å². The lowest BCUT2D eigenvalue weighted by molar-refractivity contribution is 0.478. The number of nitrogens with zero attached hydrogens (tertiary/aromatic N) is 2. The minimum atomic E-state index is 0.687. The van der Waals surface area contributed by atoms with Crippen molar-refractivity contribution in [2.75, 3.05) is 6.54 Å². The quantitative estimate of drug-likeness (QED) is 0.758. The molecule has 0 radical (unpaired) electrons. The van der Waals surface area contributed by atoms with Crippen LogP contribution in [0.4, 0.5) is 0 Å². The zero-order valence-electron chi connectivity index (χ0n) is 9.32. The molecule has 1 N–H and O–H groups in total. The molecule has 0 amide bonds. The molecule has 0 fully saturated rings. The van der Waals surface area contributed by atoms with E-state index >= 15 is 0 Å². The van der Waals surface area contributed by atoms with Crippen LogP contribution in [0.2, 0.25) is 0 Å². The van der Waals surface area contributed by atoms with Gasteiger partial charge in [0, 0.05) is 19.3 Å². The van der Waals surface area contributed by atoms with Crippen LogP contribution in [0, 0.1) is 0 Å². The monoisotopic (exact) mass is 205 g/mol. The summed E-state index contributed by atoms with van der Waals surface area (Å²) < 4.78 is 1.86. The Labute approximate surface area is 91.2 Å². The molecule has 0 aliphatic heterocycles. The van der Waals surface area contributed by atoms with Crippen LogP contribution in [0.15, 0.2) is 24.5 Å². The molecule has 1 aromatic heterocycles.